The summed E-state index contributed by atoms with van der Waals surface area (Å²) < 4.78 is 0. The highest BCUT2D eigenvalue weighted by Crippen LogP contribution is 2.22. The topological polar surface area (TPSA) is 81.0 Å². The first-order valence-corrected chi connectivity index (χ1v) is 8.38. The highest BCUT2D eigenvalue weighted by atomic mass is 16.2. The lowest BCUT2D eigenvalue weighted by molar-refractivity contribution is -0.122. The molecule has 0 spiro atoms. The third-order valence-corrected chi connectivity index (χ3v) is 4.69. The van der Waals surface area contributed by atoms with Gasteiger partial charge in [0.1, 0.15) is 11.8 Å². The van der Waals surface area contributed by atoms with Crippen LogP contribution in [0.5, 0.6) is 0 Å². The van der Waals surface area contributed by atoms with Crippen molar-refractivity contribution in [2.75, 3.05) is 31.1 Å². The summed E-state index contributed by atoms with van der Waals surface area (Å²) in [5.41, 5.74) is 1.50. The van der Waals surface area contributed by atoms with Crippen molar-refractivity contribution in [3.63, 3.8) is 0 Å². The second-order valence-corrected chi connectivity index (χ2v) is 6.36. The molecule has 2 N–H and O–H groups in total. The molecule has 2 fully saturated rings. The molecule has 0 radical (unpaired) electrons. The average molecular weight is 313 g/mol. The molecule has 1 aromatic rings. The Hall–Kier alpha value is -2.13. The first kappa shape index (κ1) is 15.8. The van der Waals surface area contributed by atoms with Gasteiger partial charge >= 0.3 is 0 Å². The second kappa shape index (κ2) is 7.42. The summed E-state index contributed by atoms with van der Waals surface area (Å²) in [6.07, 6.45) is 6.04. The predicted molar refractivity (Wildman–Crippen MR) is 87.9 cm³/mol. The molecule has 1 aromatic heterocycles. The fraction of sp³-hybridized carbons (Fsp3) is 0.588. The maximum Gasteiger partial charge on any atom is 0.237 e. The molecular formula is C17H23N5O. The van der Waals surface area contributed by atoms with E-state index in [2.05, 4.69) is 20.5 Å². The van der Waals surface area contributed by atoms with E-state index in [4.69, 9.17) is 5.26 Å². The minimum absolute atomic E-state index is 0.00239. The van der Waals surface area contributed by atoms with E-state index in [0.717, 1.165) is 57.5 Å². The number of piperidine rings is 1. The number of amides is 1. The summed E-state index contributed by atoms with van der Waals surface area (Å²) in [6, 6.07) is 5.75. The maximum absolute atomic E-state index is 12.1. The van der Waals surface area contributed by atoms with Crippen molar-refractivity contribution in [1.82, 2.24) is 15.6 Å². The van der Waals surface area contributed by atoms with Crippen molar-refractivity contribution in [3.8, 4) is 6.07 Å². The molecule has 2 unspecified atom stereocenters. The third kappa shape index (κ3) is 3.99. The fourth-order valence-corrected chi connectivity index (χ4v) is 3.38. The lowest BCUT2D eigenvalue weighted by Crippen LogP contribution is -2.45. The highest BCUT2D eigenvalue weighted by molar-refractivity contribution is 5.82. The highest BCUT2D eigenvalue weighted by Gasteiger charge is 2.24. The third-order valence-electron chi connectivity index (χ3n) is 4.69. The molecule has 2 saturated heterocycles. The molecule has 0 saturated carbocycles. The van der Waals surface area contributed by atoms with Gasteiger partial charge in [-0.2, -0.15) is 5.26 Å². The maximum atomic E-state index is 12.1. The van der Waals surface area contributed by atoms with Crippen LogP contribution >= 0.6 is 0 Å². The van der Waals surface area contributed by atoms with Crippen LogP contribution in [0, 0.1) is 17.2 Å². The van der Waals surface area contributed by atoms with Crippen molar-refractivity contribution in [1.29, 1.82) is 5.26 Å². The van der Waals surface area contributed by atoms with Crippen LogP contribution in [0.1, 0.15) is 31.4 Å². The van der Waals surface area contributed by atoms with Crippen LogP contribution in [0.15, 0.2) is 18.3 Å². The number of hydrogen-bond donors (Lipinski definition) is 2. The lowest BCUT2D eigenvalue weighted by atomic mass is 9.97. The lowest BCUT2D eigenvalue weighted by Gasteiger charge is -2.34. The smallest absolute Gasteiger partial charge is 0.237 e. The van der Waals surface area contributed by atoms with Crippen molar-refractivity contribution >= 4 is 11.6 Å². The zero-order valence-corrected chi connectivity index (χ0v) is 13.3. The SMILES string of the molecule is N#Cc1ccc(N2CCCC(CNC(=O)C3CCCN3)C2)cn1. The van der Waals surface area contributed by atoms with Crippen molar-refractivity contribution in [3.05, 3.63) is 24.0 Å². The Morgan fingerprint density at radius 1 is 1.43 bits per heavy atom. The van der Waals surface area contributed by atoms with E-state index >= 15 is 0 Å². The first-order chi connectivity index (χ1) is 11.3. The van der Waals surface area contributed by atoms with E-state index in [9.17, 15) is 4.79 Å². The van der Waals surface area contributed by atoms with E-state index < -0.39 is 0 Å². The standard InChI is InChI=1S/C17H23N5O/c18-9-14-5-6-15(11-20-14)22-8-2-3-13(12-22)10-21-17(23)16-4-1-7-19-16/h5-6,11,13,16,19H,1-4,7-8,10,12H2,(H,21,23). The number of anilines is 1. The van der Waals surface area contributed by atoms with Crippen LogP contribution in [0.25, 0.3) is 0 Å². The Morgan fingerprint density at radius 3 is 3.04 bits per heavy atom. The van der Waals surface area contributed by atoms with Gasteiger partial charge in [0.05, 0.1) is 17.9 Å². The molecule has 2 aliphatic heterocycles. The molecule has 23 heavy (non-hydrogen) atoms. The Labute approximate surface area is 136 Å². The minimum Gasteiger partial charge on any atom is -0.370 e. The zero-order chi connectivity index (χ0) is 16.1. The van der Waals surface area contributed by atoms with Gasteiger partial charge in [0.2, 0.25) is 5.91 Å². The summed E-state index contributed by atoms with van der Waals surface area (Å²) in [6.45, 7) is 3.60. The van der Waals surface area contributed by atoms with Gasteiger partial charge in [-0.15, -0.1) is 0 Å². The van der Waals surface area contributed by atoms with Gasteiger partial charge in [-0.05, 0) is 50.3 Å². The Morgan fingerprint density at radius 2 is 2.35 bits per heavy atom. The number of rotatable bonds is 4. The summed E-state index contributed by atoms with van der Waals surface area (Å²) in [4.78, 5) is 18.5. The van der Waals surface area contributed by atoms with Crippen molar-refractivity contribution in [2.24, 2.45) is 5.92 Å². The zero-order valence-electron chi connectivity index (χ0n) is 13.3. The molecule has 122 valence electrons. The molecule has 3 rings (SSSR count). The average Bonchev–Trinajstić information content (AvgIpc) is 3.15. The van der Waals surface area contributed by atoms with Gasteiger partial charge in [0.15, 0.2) is 0 Å². The minimum atomic E-state index is -0.00239. The van der Waals surface area contributed by atoms with E-state index in [1.807, 2.05) is 12.1 Å². The van der Waals surface area contributed by atoms with Gasteiger partial charge in [-0.3, -0.25) is 4.79 Å². The van der Waals surface area contributed by atoms with Crippen LogP contribution < -0.4 is 15.5 Å². The summed E-state index contributed by atoms with van der Waals surface area (Å²) in [5.74, 6) is 0.601. The van der Waals surface area contributed by atoms with E-state index in [1.54, 1.807) is 12.3 Å². The molecule has 2 atom stereocenters. The Kier molecular flexibility index (Phi) is 5.09. The second-order valence-electron chi connectivity index (χ2n) is 6.36. The molecule has 1 amide bonds. The van der Waals surface area contributed by atoms with Gasteiger partial charge in [-0.1, -0.05) is 0 Å². The van der Waals surface area contributed by atoms with Crippen LogP contribution in [0.3, 0.4) is 0 Å². The Balaban J connectivity index is 1.51. The molecule has 2 aliphatic rings. The largest absolute Gasteiger partial charge is 0.370 e. The quantitative estimate of drug-likeness (QED) is 0.868. The molecule has 0 aromatic carbocycles. The van der Waals surface area contributed by atoms with Crippen molar-refractivity contribution < 1.29 is 4.79 Å². The van der Waals surface area contributed by atoms with E-state index in [1.165, 1.54) is 0 Å². The van der Waals surface area contributed by atoms with Gasteiger partial charge < -0.3 is 15.5 Å². The fourth-order valence-electron chi connectivity index (χ4n) is 3.38. The summed E-state index contributed by atoms with van der Waals surface area (Å²) in [7, 11) is 0. The van der Waals surface area contributed by atoms with Gasteiger partial charge in [0.25, 0.3) is 0 Å². The van der Waals surface area contributed by atoms with Crippen LogP contribution in [0.2, 0.25) is 0 Å². The van der Waals surface area contributed by atoms with Gasteiger partial charge in [-0.25, -0.2) is 4.98 Å². The number of nitriles is 1. The molecular weight excluding hydrogens is 290 g/mol. The van der Waals surface area contributed by atoms with Crippen LogP contribution in [-0.4, -0.2) is 43.1 Å². The molecule has 0 bridgehead atoms. The van der Waals surface area contributed by atoms with Crippen molar-refractivity contribution in [2.45, 2.75) is 31.7 Å². The number of carbonyl (C=O) groups is 1. The Bertz CT molecular complexity index is 574. The summed E-state index contributed by atoms with van der Waals surface area (Å²) >= 11 is 0. The number of pyridine rings is 1. The molecule has 0 aliphatic carbocycles. The number of hydrogen-bond acceptors (Lipinski definition) is 5. The molecule has 3 heterocycles. The molecule has 6 nitrogen and oxygen atoms in total. The van der Waals surface area contributed by atoms with Gasteiger partial charge in [0, 0.05) is 19.6 Å². The van der Waals surface area contributed by atoms with Crippen LogP contribution in [0.4, 0.5) is 5.69 Å². The van der Waals surface area contributed by atoms with E-state index in [-0.39, 0.29) is 11.9 Å². The van der Waals surface area contributed by atoms with E-state index in [0.29, 0.717) is 11.6 Å². The monoisotopic (exact) mass is 313 g/mol. The molecule has 6 heteroatoms. The predicted octanol–water partition coefficient (Wildman–Crippen LogP) is 1.04. The van der Waals surface area contributed by atoms with Crippen LogP contribution in [-0.2, 0) is 4.79 Å². The normalized spacial score (nSPS) is 24.2. The number of carbonyl (C=O) groups excluding carboxylic acids is 1. The number of nitrogens with one attached hydrogen (secondary N) is 2. The number of nitrogens with zero attached hydrogens (tertiary/aromatic N) is 3. The first-order valence-electron chi connectivity index (χ1n) is 8.38. The summed E-state index contributed by atoms with van der Waals surface area (Å²) in [5, 5.41) is 15.2. The number of aromatic nitrogens is 1.